The molecule has 0 spiro atoms. The summed E-state index contributed by atoms with van der Waals surface area (Å²) in [5.41, 5.74) is 0. The van der Waals surface area contributed by atoms with Crippen LogP contribution in [-0.2, 0) is 32.7 Å². The number of phosphoric ester groups is 1. The summed E-state index contributed by atoms with van der Waals surface area (Å²) in [7, 11) is -4.62. The monoisotopic (exact) mass is 773 g/mol. The molecule has 0 aliphatic heterocycles. The highest BCUT2D eigenvalue weighted by Gasteiger charge is 2.27. The molecule has 0 rings (SSSR count). The summed E-state index contributed by atoms with van der Waals surface area (Å²) in [6.07, 6.45) is 38.2. The Morgan fingerprint density at radius 2 is 1.04 bits per heavy atom. The Labute approximate surface area is 322 Å². The number of phosphoric acid groups is 1. The maximum absolute atomic E-state index is 12.6. The molecule has 0 aromatic rings. The van der Waals surface area contributed by atoms with E-state index in [9.17, 15) is 24.2 Å². The fourth-order valence-electron chi connectivity index (χ4n) is 5.60. The number of carbonyl (C=O) groups excluding carboxylic acids is 2. The fraction of sp³-hybridized carbons (Fsp3) is 0.810. The van der Waals surface area contributed by atoms with Gasteiger partial charge in [0.15, 0.2) is 6.10 Å². The highest BCUT2D eigenvalue weighted by molar-refractivity contribution is 7.47. The summed E-state index contributed by atoms with van der Waals surface area (Å²) < 4.78 is 32.7. The van der Waals surface area contributed by atoms with Crippen LogP contribution >= 0.6 is 7.82 Å². The molecule has 1 unspecified atom stereocenters. The van der Waals surface area contributed by atoms with Crippen LogP contribution in [0.25, 0.3) is 0 Å². The van der Waals surface area contributed by atoms with E-state index in [-0.39, 0.29) is 19.4 Å². The van der Waals surface area contributed by atoms with Gasteiger partial charge in [0.25, 0.3) is 0 Å². The first-order valence-electron chi connectivity index (χ1n) is 20.9. The second kappa shape index (κ2) is 38.5. The van der Waals surface area contributed by atoms with E-state index >= 15 is 0 Å². The van der Waals surface area contributed by atoms with Crippen LogP contribution < -0.4 is 0 Å². The molecule has 0 aromatic carbocycles. The summed E-state index contributed by atoms with van der Waals surface area (Å²) in [5.74, 6) is -0.941. The predicted octanol–water partition coefficient (Wildman–Crippen LogP) is 10.8. The van der Waals surface area contributed by atoms with Crippen LogP contribution in [0.5, 0.6) is 0 Å². The molecule has 10 nitrogen and oxygen atoms in total. The first-order valence-corrected chi connectivity index (χ1v) is 22.4. The molecule has 53 heavy (non-hydrogen) atoms. The Hall–Kier alpha value is -1.81. The van der Waals surface area contributed by atoms with Gasteiger partial charge in [0.1, 0.15) is 12.7 Å². The zero-order valence-electron chi connectivity index (χ0n) is 33.5. The standard InChI is InChI=1S/C42H77O10P/c1-3-5-7-9-11-13-15-17-19-21-23-25-27-29-31-33-41(45)49-37-40(38-51-53(47,48)50-36-39(44)35-43)52-42(46)34-32-30-28-26-24-22-20-18-16-14-12-10-8-6-4-2/h6,8,12,14,18,20,39-40,43-44H,3-5,7,9-11,13,15-17,19,21-38H2,1-2H3,(H,47,48)/b8-6+,14-12+,20-18+/t39-,40+/m0/s1. The lowest BCUT2D eigenvalue weighted by molar-refractivity contribution is -0.161. The number of esters is 2. The quantitative estimate of drug-likeness (QED) is 0.0238. The molecule has 0 aliphatic rings. The van der Waals surface area contributed by atoms with Crippen molar-refractivity contribution in [2.75, 3.05) is 26.4 Å². The number of hydrogen-bond acceptors (Lipinski definition) is 9. The summed E-state index contributed by atoms with van der Waals surface area (Å²) >= 11 is 0. The predicted molar refractivity (Wildman–Crippen MR) is 214 cm³/mol. The van der Waals surface area contributed by atoms with Crippen LogP contribution in [-0.4, -0.2) is 65.7 Å². The summed E-state index contributed by atoms with van der Waals surface area (Å²) in [4.78, 5) is 34.9. The molecular formula is C42H77O10P. The molecule has 0 radical (unpaired) electrons. The topological polar surface area (TPSA) is 149 Å². The van der Waals surface area contributed by atoms with Crippen molar-refractivity contribution in [2.45, 2.75) is 193 Å². The Morgan fingerprint density at radius 3 is 1.57 bits per heavy atom. The number of hydrogen-bond donors (Lipinski definition) is 3. The maximum Gasteiger partial charge on any atom is 0.472 e. The van der Waals surface area contributed by atoms with Crippen LogP contribution in [0.1, 0.15) is 181 Å². The zero-order chi connectivity index (χ0) is 39.1. The number of unbranched alkanes of at least 4 members (excludes halogenated alkanes) is 19. The van der Waals surface area contributed by atoms with Gasteiger partial charge in [0, 0.05) is 12.8 Å². The van der Waals surface area contributed by atoms with E-state index in [2.05, 4.69) is 54.8 Å². The number of aliphatic hydroxyl groups excluding tert-OH is 2. The van der Waals surface area contributed by atoms with Crippen molar-refractivity contribution in [3.63, 3.8) is 0 Å². The third-order valence-electron chi connectivity index (χ3n) is 8.81. The molecule has 0 fully saturated rings. The van der Waals surface area contributed by atoms with Crippen molar-refractivity contribution < 1.29 is 47.8 Å². The van der Waals surface area contributed by atoms with Crippen molar-refractivity contribution >= 4 is 19.8 Å². The molecule has 3 N–H and O–H groups in total. The van der Waals surface area contributed by atoms with Crippen molar-refractivity contribution in [1.82, 2.24) is 0 Å². The van der Waals surface area contributed by atoms with Gasteiger partial charge in [-0.05, 0) is 44.9 Å². The minimum absolute atomic E-state index is 0.166. The van der Waals surface area contributed by atoms with Crippen molar-refractivity contribution in [3.05, 3.63) is 36.5 Å². The molecule has 0 amide bonds. The summed E-state index contributed by atoms with van der Waals surface area (Å²) in [6, 6.07) is 0. The molecule has 0 heterocycles. The third-order valence-corrected chi connectivity index (χ3v) is 9.76. The molecule has 0 aliphatic carbocycles. The Balaban J connectivity index is 4.33. The maximum atomic E-state index is 12.6. The fourth-order valence-corrected chi connectivity index (χ4v) is 6.39. The van der Waals surface area contributed by atoms with E-state index < -0.39 is 51.8 Å². The van der Waals surface area contributed by atoms with E-state index in [1.165, 1.54) is 70.6 Å². The smallest absolute Gasteiger partial charge is 0.462 e. The molecule has 310 valence electrons. The van der Waals surface area contributed by atoms with Crippen molar-refractivity contribution in [2.24, 2.45) is 0 Å². The summed E-state index contributed by atoms with van der Waals surface area (Å²) in [6.45, 7) is 2.25. The average molecular weight is 773 g/mol. The van der Waals surface area contributed by atoms with Crippen LogP contribution in [0.15, 0.2) is 36.5 Å². The lowest BCUT2D eigenvalue weighted by Gasteiger charge is -2.20. The molecule has 11 heteroatoms. The van der Waals surface area contributed by atoms with E-state index in [1.54, 1.807) is 0 Å². The van der Waals surface area contributed by atoms with Gasteiger partial charge in [-0.3, -0.25) is 18.6 Å². The number of carbonyl (C=O) groups is 2. The van der Waals surface area contributed by atoms with Gasteiger partial charge >= 0.3 is 19.8 Å². The molecule has 0 saturated carbocycles. The minimum atomic E-state index is -4.62. The van der Waals surface area contributed by atoms with Crippen LogP contribution in [0.2, 0.25) is 0 Å². The lowest BCUT2D eigenvalue weighted by Crippen LogP contribution is -2.29. The largest absolute Gasteiger partial charge is 0.472 e. The normalized spacial score (nSPS) is 14.3. The first-order chi connectivity index (χ1) is 25.7. The minimum Gasteiger partial charge on any atom is -0.462 e. The van der Waals surface area contributed by atoms with Gasteiger partial charge in [-0.2, -0.15) is 0 Å². The Morgan fingerprint density at radius 1 is 0.585 bits per heavy atom. The second-order valence-electron chi connectivity index (χ2n) is 14.0. The van der Waals surface area contributed by atoms with Gasteiger partial charge in [-0.1, -0.05) is 159 Å². The number of rotatable bonds is 39. The third kappa shape index (κ3) is 38.3. The van der Waals surface area contributed by atoms with E-state index in [1.807, 2.05) is 0 Å². The molecule has 0 aromatic heterocycles. The number of allylic oxidation sites excluding steroid dienone is 6. The van der Waals surface area contributed by atoms with Crippen molar-refractivity contribution in [3.8, 4) is 0 Å². The highest BCUT2D eigenvalue weighted by atomic mass is 31.2. The van der Waals surface area contributed by atoms with Gasteiger partial charge in [-0.25, -0.2) is 4.57 Å². The van der Waals surface area contributed by atoms with Crippen LogP contribution in [0, 0.1) is 0 Å². The second-order valence-corrected chi connectivity index (χ2v) is 15.4. The highest BCUT2D eigenvalue weighted by Crippen LogP contribution is 2.43. The van der Waals surface area contributed by atoms with E-state index in [0.717, 1.165) is 70.6 Å². The van der Waals surface area contributed by atoms with E-state index in [0.29, 0.717) is 12.8 Å². The SMILES string of the molecule is CC/C=C/C/C=C/C/C=C/CCCCCCCC(=O)O[C@H](COC(=O)CCCCCCCCCCCCCCCCC)COP(=O)(O)OC[C@@H](O)CO. The van der Waals surface area contributed by atoms with Gasteiger partial charge < -0.3 is 24.6 Å². The Bertz CT molecular complexity index is 983. The van der Waals surface area contributed by atoms with Crippen LogP contribution in [0.4, 0.5) is 0 Å². The molecule has 0 bridgehead atoms. The first kappa shape index (κ1) is 51.2. The lowest BCUT2D eigenvalue weighted by atomic mass is 10.0. The zero-order valence-corrected chi connectivity index (χ0v) is 34.4. The molecule has 3 atom stereocenters. The number of aliphatic hydroxyl groups is 2. The molecule has 0 saturated heterocycles. The van der Waals surface area contributed by atoms with Gasteiger partial charge in [0.2, 0.25) is 0 Å². The van der Waals surface area contributed by atoms with Gasteiger partial charge in [-0.15, -0.1) is 0 Å². The van der Waals surface area contributed by atoms with E-state index in [4.69, 9.17) is 19.1 Å². The van der Waals surface area contributed by atoms with Crippen LogP contribution in [0.3, 0.4) is 0 Å². The van der Waals surface area contributed by atoms with Crippen molar-refractivity contribution in [1.29, 1.82) is 0 Å². The summed E-state index contributed by atoms with van der Waals surface area (Å²) in [5, 5.41) is 18.3. The average Bonchev–Trinajstić information content (AvgIpc) is 3.14. The number of ether oxygens (including phenoxy) is 2. The van der Waals surface area contributed by atoms with Gasteiger partial charge in [0.05, 0.1) is 19.8 Å². The molecular weight excluding hydrogens is 695 g/mol. The Kier molecular flexibility index (Phi) is 37.2.